The maximum atomic E-state index is 12.4. The number of nitrogens with zero attached hydrogens (tertiary/aromatic N) is 2. The first-order chi connectivity index (χ1) is 13.4. The molecule has 0 amide bonds. The molecule has 28 heavy (non-hydrogen) atoms. The van der Waals surface area contributed by atoms with Crippen LogP contribution in [-0.4, -0.2) is 9.38 Å². The van der Waals surface area contributed by atoms with E-state index in [2.05, 4.69) is 62.3 Å². The molecule has 4 heteroatoms. The van der Waals surface area contributed by atoms with Crippen molar-refractivity contribution in [3.63, 3.8) is 0 Å². The van der Waals surface area contributed by atoms with Crippen LogP contribution in [0.15, 0.2) is 53.5 Å². The third kappa shape index (κ3) is 4.50. The second-order valence-electron chi connectivity index (χ2n) is 8.21. The van der Waals surface area contributed by atoms with Crippen LogP contribution in [0.2, 0.25) is 0 Å². The minimum atomic E-state index is -0.0175. The highest BCUT2D eigenvalue weighted by molar-refractivity contribution is 5.39. The quantitative estimate of drug-likeness (QED) is 0.676. The number of aromatic nitrogens is 2. The molecular formula is C24H32N3O+. The Bertz CT molecular complexity index is 989. The zero-order chi connectivity index (χ0) is 20.3. The molecule has 3 aromatic rings. The van der Waals surface area contributed by atoms with Crippen molar-refractivity contribution in [3.8, 4) is 0 Å². The van der Waals surface area contributed by atoms with Gasteiger partial charge < -0.3 is 5.32 Å². The fourth-order valence-corrected chi connectivity index (χ4v) is 3.69. The van der Waals surface area contributed by atoms with Gasteiger partial charge in [-0.3, -0.25) is 9.20 Å². The fraction of sp³-hybridized carbons (Fsp3) is 0.417. The maximum Gasteiger partial charge on any atom is 0.258 e. The van der Waals surface area contributed by atoms with Crippen molar-refractivity contribution in [2.75, 3.05) is 0 Å². The number of fused-ring (bicyclic) bond motifs is 1. The summed E-state index contributed by atoms with van der Waals surface area (Å²) in [5, 5.41) is 2.30. The molecule has 0 spiro atoms. The molecule has 0 saturated heterocycles. The molecule has 0 aliphatic carbocycles. The largest absolute Gasteiger partial charge is 0.335 e. The van der Waals surface area contributed by atoms with Gasteiger partial charge >= 0.3 is 0 Å². The Morgan fingerprint density at radius 1 is 1.04 bits per heavy atom. The monoisotopic (exact) mass is 378 g/mol. The van der Waals surface area contributed by atoms with E-state index >= 15 is 0 Å². The summed E-state index contributed by atoms with van der Waals surface area (Å²) in [6.45, 7) is 11.7. The first-order valence-corrected chi connectivity index (χ1v) is 10.3. The number of quaternary nitrogens is 1. The molecule has 2 heterocycles. The maximum absolute atomic E-state index is 12.4. The number of hydrogen-bond acceptors (Lipinski definition) is 2. The van der Waals surface area contributed by atoms with Gasteiger partial charge in [-0.1, -0.05) is 58.0 Å². The van der Waals surface area contributed by atoms with Crippen LogP contribution in [0.1, 0.15) is 68.5 Å². The lowest BCUT2D eigenvalue weighted by atomic mass is 9.92. The Morgan fingerprint density at radius 2 is 1.71 bits per heavy atom. The predicted molar refractivity (Wildman–Crippen MR) is 115 cm³/mol. The standard InChI is InChI=1S/C24H31N3O/c1-6-18(5)19-8-10-20(11-9-19)24(16(2)3)25-14-21-13-23(28)27-15-17(4)7-12-22(27)26-21/h7-13,15-16,18,24-25H,6,14H2,1-5H3/p+1/t18-,24-/m0/s1. The van der Waals surface area contributed by atoms with Crippen LogP contribution in [0.5, 0.6) is 0 Å². The van der Waals surface area contributed by atoms with E-state index in [-0.39, 0.29) is 5.56 Å². The molecule has 0 aliphatic heterocycles. The van der Waals surface area contributed by atoms with Crippen LogP contribution >= 0.6 is 0 Å². The molecule has 0 aliphatic rings. The van der Waals surface area contributed by atoms with Crippen molar-refractivity contribution in [2.24, 2.45) is 5.92 Å². The van der Waals surface area contributed by atoms with E-state index in [0.29, 0.717) is 30.1 Å². The number of rotatable bonds is 7. The molecule has 0 unspecified atom stereocenters. The van der Waals surface area contributed by atoms with Crippen LogP contribution in [0, 0.1) is 12.8 Å². The van der Waals surface area contributed by atoms with E-state index < -0.39 is 0 Å². The van der Waals surface area contributed by atoms with Gasteiger partial charge in [-0.2, -0.15) is 0 Å². The average Bonchev–Trinajstić information content (AvgIpc) is 2.68. The zero-order valence-electron chi connectivity index (χ0n) is 17.6. The summed E-state index contributed by atoms with van der Waals surface area (Å²) >= 11 is 0. The van der Waals surface area contributed by atoms with Crippen molar-refractivity contribution in [1.29, 1.82) is 0 Å². The predicted octanol–water partition coefficient (Wildman–Crippen LogP) is 3.98. The highest BCUT2D eigenvalue weighted by Crippen LogP contribution is 2.23. The van der Waals surface area contributed by atoms with Gasteiger partial charge in [0.15, 0.2) is 0 Å². The smallest absolute Gasteiger partial charge is 0.258 e. The molecule has 4 nitrogen and oxygen atoms in total. The van der Waals surface area contributed by atoms with E-state index in [1.165, 1.54) is 11.1 Å². The van der Waals surface area contributed by atoms with Gasteiger partial charge in [0, 0.05) is 23.7 Å². The summed E-state index contributed by atoms with van der Waals surface area (Å²) in [6, 6.07) is 14.9. The molecule has 2 N–H and O–H groups in total. The number of nitrogens with two attached hydrogens (primary N) is 1. The average molecular weight is 379 g/mol. The van der Waals surface area contributed by atoms with Crippen molar-refractivity contribution in [2.45, 2.75) is 59.5 Å². The van der Waals surface area contributed by atoms with Gasteiger partial charge in [0.05, 0.1) is 0 Å². The first-order valence-electron chi connectivity index (χ1n) is 10.3. The van der Waals surface area contributed by atoms with Crippen molar-refractivity contribution < 1.29 is 5.32 Å². The molecule has 0 bridgehead atoms. The second-order valence-corrected chi connectivity index (χ2v) is 8.21. The molecule has 148 valence electrons. The van der Waals surface area contributed by atoms with Crippen LogP contribution in [0.3, 0.4) is 0 Å². The van der Waals surface area contributed by atoms with Crippen LogP contribution < -0.4 is 10.9 Å². The van der Waals surface area contributed by atoms with Gasteiger partial charge in [0.2, 0.25) is 0 Å². The summed E-state index contributed by atoms with van der Waals surface area (Å²) in [4.78, 5) is 17.1. The number of pyridine rings is 1. The SMILES string of the molecule is CC[C@H](C)c1ccc([C@@H]([NH2+]Cc2cc(=O)n3cc(C)ccc3n2)C(C)C)cc1. The summed E-state index contributed by atoms with van der Waals surface area (Å²) in [7, 11) is 0. The minimum Gasteiger partial charge on any atom is -0.335 e. The third-order valence-electron chi connectivity index (χ3n) is 5.66. The van der Waals surface area contributed by atoms with E-state index in [4.69, 9.17) is 0 Å². The van der Waals surface area contributed by atoms with Crippen molar-refractivity contribution in [3.05, 3.63) is 81.4 Å². The van der Waals surface area contributed by atoms with Crippen molar-refractivity contribution in [1.82, 2.24) is 9.38 Å². The summed E-state index contributed by atoms with van der Waals surface area (Å²) in [5.74, 6) is 1.08. The Hall–Kier alpha value is -2.46. The molecule has 3 rings (SSSR count). The Morgan fingerprint density at radius 3 is 2.36 bits per heavy atom. The lowest BCUT2D eigenvalue weighted by molar-refractivity contribution is -0.717. The molecule has 0 radical (unpaired) electrons. The number of aryl methyl sites for hydroxylation is 1. The lowest BCUT2D eigenvalue weighted by Gasteiger charge is -2.20. The summed E-state index contributed by atoms with van der Waals surface area (Å²) in [6.07, 6.45) is 3.00. The van der Waals surface area contributed by atoms with E-state index in [9.17, 15) is 4.79 Å². The van der Waals surface area contributed by atoms with Crippen LogP contribution in [0.4, 0.5) is 0 Å². The Balaban J connectivity index is 1.79. The van der Waals surface area contributed by atoms with E-state index in [1.54, 1.807) is 10.5 Å². The Labute approximate surface area is 167 Å². The van der Waals surface area contributed by atoms with Crippen LogP contribution in [0.25, 0.3) is 5.65 Å². The van der Waals surface area contributed by atoms with Gasteiger partial charge in [0.25, 0.3) is 5.56 Å². The fourth-order valence-electron chi connectivity index (χ4n) is 3.69. The molecule has 1 aromatic carbocycles. The van der Waals surface area contributed by atoms with Gasteiger partial charge in [-0.15, -0.1) is 0 Å². The topological polar surface area (TPSA) is 51.0 Å². The lowest BCUT2D eigenvalue weighted by Crippen LogP contribution is -2.84. The van der Waals surface area contributed by atoms with E-state index in [1.807, 2.05) is 25.3 Å². The molecule has 0 saturated carbocycles. The molecule has 2 atom stereocenters. The zero-order valence-corrected chi connectivity index (χ0v) is 17.6. The highest BCUT2D eigenvalue weighted by Gasteiger charge is 2.20. The van der Waals surface area contributed by atoms with Crippen molar-refractivity contribution >= 4 is 5.65 Å². The highest BCUT2D eigenvalue weighted by atomic mass is 16.1. The van der Waals surface area contributed by atoms with Gasteiger partial charge in [-0.25, -0.2) is 4.98 Å². The molecular weight excluding hydrogens is 346 g/mol. The third-order valence-corrected chi connectivity index (χ3v) is 5.66. The van der Waals surface area contributed by atoms with Gasteiger partial charge in [0.1, 0.15) is 23.9 Å². The van der Waals surface area contributed by atoms with Gasteiger partial charge in [-0.05, 0) is 36.5 Å². The second kappa shape index (κ2) is 8.70. The van der Waals surface area contributed by atoms with E-state index in [0.717, 1.165) is 17.7 Å². The Kier molecular flexibility index (Phi) is 6.30. The number of hydrogen-bond donors (Lipinski definition) is 1. The minimum absolute atomic E-state index is 0.0175. The molecule has 2 aromatic heterocycles. The summed E-state index contributed by atoms with van der Waals surface area (Å²) in [5.41, 5.74) is 5.30. The normalized spacial score (nSPS) is 13.8. The molecule has 0 fully saturated rings. The van der Waals surface area contributed by atoms with Crippen LogP contribution in [-0.2, 0) is 6.54 Å². The first kappa shape index (κ1) is 20.3. The number of benzene rings is 1. The summed E-state index contributed by atoms with van der Waals surface area (Å²) < 4.78 is 1.62.